The third-order valence-electron chi connectivity index (χ3n) is 1.99. The summed E-state index contributed by atoms with van der Waals surface area (Å²) in [5.41, 5.74) is 1.19. The number of aryl methyl sites for hydroxylation is 1. The molecule has 2 rings (SSSR count). The third kappa shape index (κ3) is 2.45. The van der Waals surface area contributed by atoms with E-state index in [4.69, 9.17) is 11.6 Å². The number of hydrogen-bond acceptors (Lipinski definition) is 4. The zero-order valence-electron chi connectivity index (χ0n) is 8.44. The van der Waals surface area contributed by atoms with E-state index in [1.54, 1.807) is 0 Å². The maximum absolute atomic E-state index is 10.6. The largest absolute Gasteiger partial charge is 0.297 e. The van der Waals surface area contributed by atoms with Crippen molar-refractivity contribution in [2.75, 3.05) is 0 Å². The van der Waals surface area contributed by atoms with Gasteiger partial charge in [0.05, 0.1) is 0 Å². The van der Waals surface area contributed by atoms with Crippen molar-refractivity contribution >= 4 is 41.0 Å². The molecule has 0 unspecified atom stereocenters. The minimum atomic E-state index is 0.288. The number of thiazole rings is 1. The molecule has 82 valence electrons. The summed E-state index contributed by atoms with van der Waals surface area (Å²) >= 11 is 8.65. The van der Waals surface area contributed by atoms with Gasteiger partial charge in [-0.2, -0.15) is 0 Å². The molecule has 0 saturated carbocycles. The van der Waals surface area contributed by atoms with Crippen LogP contribution in [0.25, 0.3) is 0 Å². The quantitative estimate of drug-likeness (QED) is 0.787. The summed E-state index contributed by atoms with van der Waals surface area (Å²) in [5, 5.41) is 0.288. The molecule has 0 aliphatic heterocycles. The minimum absolute atomic E-state index is 0.288. The van der Waals surface area contributed by atoms with Gasteiger partial charge in [0.25, 0.3) is 0 Å². The van der Waals surface area contributed by atoms with Crippen molar-refractivity contribution in [2.24, 2.45) is 0 Å². The summed E-state index contributed by atoms with van der Waals surface area (Å²) in [7, 11) is 0. The summed E-state index contributed by atoms with van der Waals surface area (Å²) < 4.78 is 0.793. The van der Waals surface area contributed by atoms with E-state index in [9.17, 15) is 4.79 Å². The second-order valence-corrected chi connectivity index (χ2v) is 5.80. The lowest BCUT2D eigenvalue weighted by Crippen LogP contribution is -1.77. The average molecular weight is 270 g/mol. The molecule has 2 nitrogen and oxygen atoms in total. The zero-order valence-corrected chi connectivity index (χ0v) is 10.8. The first-order chi connectivity index (χ1) is 7.70. The van der Waals surface area contributed by atoms with Crippen LogP contribution < -0.4 is 0 Å². The van der Waals surface area contributed by atoms with Crippen LogP contribution in [-0.2, 0) is 0 Å². The summed E-state index contributed by atoms with van der Waals surface area (Å²) in [5.74, 6) is 0. The van der Waals surface area contributed by atoms with E-state index in [0.29, 0.717) is 4.88 Å². The van der Waals surface area contributed by atoms with Crippen molar-refractivity contribution in [2.45, 2.75) is 16.2 Å². The molecule has 16 heavy (non-hydrogen) atoms. The van der Waals surface area contributed by atoms with Crippen LogP contribution in [0.1, 0.15) is 15.2 Å². The maximum Gasteiger partial charge on any atom is 0.163 e. The van der Waals surface area contributed by atoms with E-state index in [1.807, 2.05) is 31.2 Å². The maximum atomic E-state index is 10.6. The molecular weight excluding hydrogens is 262 g/mol. The van der Waals surface area contributed by atoms with Crippen LogP contribution in [0.3, 0.4) is 0 Å². The van der Waals surface area contributed by atoms with E-state index in [-0.39, 0.29) is 5.15 Å². The number of benzene rings is 1. The molecule has 0 radical (unpaired) electrons. The van der Waals surface area contributed by atoms with Crippen LogP contribution in [0, 0.1) is 6.92 Å². The summed E-state index contributed by atoms with van der Waals surface area (Å²) in [6.45, 7) is 2.04. The molecule has 1 aromatic carbocycles. The molecule has 0 fully saturated rings. The van der Waals surface area contributed by atoms with E-state index in [0.717, 1.165) is 15.5 Å². The zero-order chi connectivity index (χ0) is 11.5. The Bertz CT molecular complexity index is 524. The fraction of sp³-hybridized carbons (Fsp3) is 0.0909. The highest BCUT2D eigenvalue weighted by atomic mass is 35.5. The predicted octanol–water partition coefficient (Wildman–Crippen LogP) is 4.07. The Labute approximate surface area is 107 Å². The normalized spacial score (nSPS) is 10.4. The highest BCUT2D eigenvalue weighted by molar-refractivity contribution is 8.01. The Morgan fingerprint density at radius 3 is 2.81 bits per heavy atom. The van der Waals surface area contributed by atoms with E-state index in [1.165, 1.54) is 28.7 Å². The predicted molar refractivity (Wildman–Crippen MR) is 67.8 cm³/mol. The molecule has 0 aliphatic rings. The fourth-order valence-electron chi connectivity index (χ4n) is 1.18. The summed E-state index contributed by atoms with van der Waals surface area (Å²) in [6.07, 6.45) is 0.738. The Morgan fingerprint density at radius 2 is 2.19 bits per heavy atom. The van der Waals surface area contributed by atoms with Crippen LogP contribution in [0.5, 0.6) is 0 Å². The van der Waals surface area contributed by atoms with Crippen LogP contribution in [0.4, 0.5) is 0 Å². The second-order valence-electron chi connectivity index (χ2n) is 3.12. The number of rotatable bonds is 3. The molecule has 0 atom stereocenters. The first-order valence-corrected chi connectivity index (χ1v) is 6.57. The Balaban J connectivity index is 2.27. The van der Waals surface area contributed by atoms with Gasteiger partial charge in [0.1, 0.15) is 4.88 Å². The molecular formula is C11H8ClNOS2. The smallest absolute Gasteiger partial charge is 0.163 e. The third-order valence-corrected chi connectivity index (χ3v) is 4.61. The first kappa shape index (κ1) is 11.6. The number of hydrogen-bond donors (Lipinski definition) is 0. The SMILES string of the molecule is Cc1ccccc1Sc1nc(Cl)c(C=O)s1. The first-order valence-electron chi connectivity index (χ1n) is 4.55. The molecule has 0 aliphatic carbocycles. The Morgan fingerprint density at radius 1 is 1.44 bits per heavy atom. The summed E-state index contributed by atoms with van der Waals surface area (Å²) in [4.78, 5) is 16.4. The number of aromatic nitrogens is 1. The van der Waals surface area contributed by atoms with Crippen molar-refractivity contribution in [1.82, 2.24) is 4.98 Å². The van der Waals surface area contributed by atoms with Crippen molar-refractivity contribution in [3.05, 3.63) is 39.9 Å². The second kappa shape index (κ2) is 4.99. The van der Waals surface area contributed by atoms with Gasteiger partial charge in [0.2, 0.25) is 0 Å². The van der Waals surface area contributed by atoms with Gasteiger partial charge in [-0.1, -0.05) is 41.6 Å². The number of halogens is 1. The monoisotopic (exact) mass is 269 g/mol. The highest BCUT2D eigenvalue weighted by Crippen LogP contribution is 2.35. The molecule has 0 spiro atoms. The number of carbonyl (C=O) groups excluding carboxylic acids is 1. The van der Waals surface area contributed by atoms with Gasteiger partial charge in [-0.25, -0.2) is 4.98 Å². The highest BCUT2D eigenvalue weighted by Gasteiger charge is 2.10. The van der Waals surface area contributed by atoms with Crippen LogP contribution in [-0.4, -0.2) is 11.3 Å². The molecule has 0 saturated heterocycles. The van der Waals surface area contributed by atoms with Gasteiger partial charge in [-0.3, -0.25) is 4.79 Å². The lowest BCUT2D eigenvalue weighted by Gasteiger charge is -2.00. The van der Waals surface area contributed by atoms with Crippen LogP contribution in [0.2, 0.25) is 5.15 Å². The lowest BCUT2D eigenvalue weighted by atomic mass is 10.2. The molecule has 0 N–H and O–H groups in total. The lowest BCUT2D eigenvalue weighted by molar-refractivity contribution is 0.112. The van der Waals surface area contributed by atoms with Crippen molar-refractivity contribution in [1.29, 1.82) is 0 Å². The van der Waals surface area contributed by atoms with Gasteiger partial charge in [0.15, 0.2) is 15.8 Å². The van der Waals surface area contributed by atoms with Crippen molar-refractivity contribution in [3.63, 3.8) is 0 Å². The number of nitrogens with zero attached hydrogens (tertiary/aromatic N) is 1. The van der Waals surface area contributed by atoms with Gasteiger partial charge < -0.3 is 0 Å². The Kier molecular flexibility index (Phi) is 3.63. The standard InChI is InChI=1S/C11H8ClNOS2/c1-7-4-2-3-5-8(7)15-11-13-10(12)9(6-14)16-11/h2-6H,1H3. The molecule has 2 aromatic rings. The van der Waals surface area contributed by atoms with Crippen LogP contribution in [0.15, 0.2) is 33.5 Å². The topological polar surface area (TPSA) is 30.0 Å². The molecule has 0 amide bonds. The number of aldehydes is 1. The van der Waals surface area contributed by atoms with Gasteiger partial charge >= 0.3 is 0 Å². The molecule has 1 heterocycles. The molecule has 1 aromatic heterocycles. The van der Waals surface area contributed by atoms with E-state index >= 15 is 0 Å². The molecule has 0 bridgehead atoms. The Hall–Kier alpha value is -0.840. The average Bonchev–Trinajstić information content (AvgIpc) is 2.62. The van der Waals surface area contributed by atoms with Gasteiger partial charge in [0, 0.05) is 4.90 Å². The van der Waals surface area contributed by atoms with Crippen molar-refractivity contribution in [3.8, 4) is 0 Å². The fourth-order valence-corrected chi connectivity index (χ4v) is 3.43. The van der Waals surface area contributed by atoms with E-state index in [2.05, 4.69) is 4.98 Å². The molecule has 5 heteroatoms. The van der Waals surface area contributed by atoms with Gasteiger partial charge in [-0.15, -0.1) is 11.3 Å². The van der Waals surface area contributed by atoms with Gasteiger partial charge in [-0.05, 0) is 18.6 Å². The van der Waals surface area contributed by atoms with Crippen LogP contribution >= 0.6 is 34.7 Å². The minimum Gasteiger partial charge on any atom is -0.297 e. The van der Waals surface area contributed by atoms with E-state index < -0.39 is 0 Å². The van der Waals surface area contributed by atoms with Crippen molar-refractivity contribution < 1.29 is 4.79 Å². The summed E-state index contributed by atoms with van der Waals surface area (Å²) in [6, 6.07) is 8.03. The number of carbonyl (C=O) groups is 1.